The Hall–Kier alpha value is -6.59. The third-order valence-electron chi connectivity index (χ3n) is 13.2. The van der Waals surface area contributed by atoms with Crippen LogP contribution in [-0.4, -0.2) is 16.2 Å². The molecule has 63 heavy (non-hydrogen) atoms. The van der Waals surface area contributed by atoms with E-state index in [-0.39, 0.29) is 21.7 Å². The summed E-state index contributed by atoms with van der Waals surface area (Å²) in [6.45, 7) is 23.6. The third kappa shape index (κ3) is 7.90. The van der Waals surface area contributed by atoms with Crippen LogP contribution in [0.3, 0.4) is 0 Å². The van der Waals surface area contributed by atoms with Crippen molar-refractivity contribution in [1.29, 1.82) is 0 Å². The van der Waals surface area contributed by atoms with E-state index in [9.17, 15) is 0 Å². The van der Waals surface area contributed by atoms with Crippen LogP contribution in [0.2, 0.25) is 0 Å². The first-order valence-corrected chi connectivity index (χ1v) is 22.3. The number of pyridine rings is 1. The summed E-state index contributed by atoms with van der Waals surface area (Å²) in [5.41, 5.74) is 11.5. The van der Waals surface area contributed by atoms with Gasteiger partial charge in [-0.05, 0) is 92.7 Å². The molecule has 1 aliphatic heterocycles. The molecule has 0 spiro atoms. The van der Waals surface area contributed by atoms with Crippen LogP contribution in [0.15, 0.2) is 170 Å². The average molecular weight is 829 g/mol. The fourth-order valence-electron chi connectivity index (χ4n) is 9.13. The molecule has 9 rings (SSSR count). The molecule has 0 saturated carbocycles. The van der Waals surface area contributed by atoms with E-state index in [2.05, 4.69) is 248 Å². The van der Waals surface area contributed by atoms with Crippen LogP contribution in [0.1, 0.15) is 103 Å². The molecule has 8 aromatic rings. The molecular weight excluding hydrogens is 769 g/mol. The van der Waals surface area contributed by atoms with E-state index in [0.29, 0.717) is 6.67 Å². The Morgan fingerprint density at radius 1 is 0.460 bits per heavy atom. The lowest BCUT2D eigenvalue weighted by molar-refractivity contribution is 0.480. The molecule has 3 heterocycles. The van der Waals surface area contributed by atoms with Crippen LogP contribution in [-0.2, 0) is 21.7 Å². The van der Waals surface area contributed by atoms with Gasteiger partial charge in [0.15, 0.2) is 0 Å². The fourth-order valence-corrected chi connectivity index (χ4v) is 9.13. The topological polar surface area (TPSA) is 33.5 Å². The van der Waals surface area contributed by atoms with Crippen LogP contribution in [0.4, 0.5) is 11.4 Å². The number of aromatic nitrogens is 2. The molecule has 6 aromatic carbocycles. The molecule has 1 aliphatic rings. The highest BCUT2D eigenvalue weighted by molar-refractivity contribution is 6.11. The van der Waals surface area contributed by atoms with E-state index in [4.69, 9.17) is 9.72 Å². The largest absolute Gasteiger partial charge is 0.457 e. The highest BCUT2D eigenvalue weighted by Gasteiger charge is 2.31. The van der Waals surface area contributed by atoms with Crippen molar-refractivity contribution in [2.75, 3.05) is 16.5 Å². The quantitative estimate of drug-likeness (QED) is 0.145. The predicted octanol–water partition coefficient (Wildman–Crippen LogP) is 15.0. The minimum atomic E-state index is -0.204. The maximum absolute atomic E-state index is 6.89. The molecule has 0 radical (unpaired) electrons. The van der Waals surface area contributed by atoms with Crippen molar-refractivity contribution in [1.82, 2.24) is 9.55 Å². The van der Waals surface area contributed by atoms with Gasteiger partial charge in [0.05, 0.1) is 17.7 Å². The van der Waals surface area contributed by atoms with Gasteiger partial charge in [-0.3, -0.25) is 4.57 Å². The summed E-state index contributed by atoms with van der Waals surface area (Å²) >= 11 is 0. The lowest BCUT2D eigenvalue weighted by Gasteiger charge is -2.33. The minimum Gasteiger partial charge on any atom is -0.457 e. The number of nitrogens with zero attached hydrogens (tertiary/aromatic N) is 4. The maximum Gasteiger partial charge on any atom is 0.137 e. The van der Waals surface area contributed by atoms with E-state index >= 15 is 0 Å². The van der Waals surface area contributed by atoms with E-state index < -0.39 is 0 Å². The molecule has 0 bridgehead atoms. The molecule has 5 heteroatoms. The number of hydrogen-bond donors (Lipinski definition) is 0. The Kier molecular flexibility index (Phi) is 10.4. The number of para-hydroxylation sites is 1. The zero-order chi connectivity index (χ0) is 44.3. The van der Waals surface area contributed by atoms with Gasteiger partial charge in [0.1, 0.15) is 17.3 Å². The summed E-state index contributed by atoms with van der Waals surface area (Å²) in [5, 5.41) is 2.44. The summed E-state index contributed by atoms with van der Waals surface area (Å²) in [6, 6.07) is 54.8. The lowest BCUT2D eigenvalue weighted by Crippen LogP contribution is -2.27. The molecule has 2 aromatic heterocycles. The second kappa shape index (κ2) is 15.6. The second-order valence-electron chi connectivity index (χ2n) is 20.3. The number of rotatable bonds is 9. The zero-order valence-electron chi connectivity index (χ0n) is 38.6. The molecule has 0 aliphatic carbocycles. The normalized spacial score (nSPS) is 13.7. The van der Waals surface area contributed by atoms with Crippen molar-refractivity contribution in [3.8, 4) is 17.3 Å². The molecule has 0 unspecified atom stereocenters. The molecule has 0 N–H and O–H groups in total. The molecule has 0 amide bonds. The highest BCUT2D eigenvalue weighted by Crippen LogP contribution is 2.44. The monoisotopic (exact) mass is 828 g/mol. The van der Waals surface area contributed by atoms with Crippen LogP contribution in [0.25, 0.3) is 27.6 Å². The van der Waals surface area contributed by atoms with Crippen LogP contribution in [0, 0.1) is 0 Å². The Bertz CT molecular complexity index is 2910. The second-order valence-corrected chi connectivity index (χ2v) is 20.3. The first-order valence-electron chi connectivity index (χ1n) is 22.3. The molecule has 0 saturated heterocycles. The third-order valence-corrected chi connectivity index (χ3v) is 13.2. The smallest absolute Gasteiger partial charge is 0.137 e. The van der Waals surface area contributed by atoms with Gasteiger partial charge in [-0.25, -0.2) is 4.98 Å². The molecule has 318 valence electrons. The molecule has 0 fully saturated rings. The lowest BCUT2D eigenvalue weighted by atomic mass is 9.73. The minimum absolute atomic E-state index is 0.0145. The number of hydrogen-bond acceptors (Lipinski definition) is 4. The summed E-state index contributed by atoms with van der Waals surface area (Å²) in [7, 11) is 0. The Morgan fingerprint density at radius 2 is 1.06 bits per heavy atom. The highest BCUT2D eigenvalue weighted by atomic mass is 16.5. The van der Waals surface area contributed by atoms with Crippen molar-refractivity contribution >= 4 is 33.2 Å². The summed E-state index contributed by atoms with van der Waals surface area (Å²) in [4.78, 5) is 9.60. The number of ether oxygens (including phenoxy) is 1. The molecule has 5 nitrogen and oxygen atoms in total. The first-order chi connectivity index (χ1) is 30.0. The summed E-state index contributed by atoms with van der Waals surface area (Å²) in [6.07, 6.45) is 6.32. The zero-order valence-corrected chi connectivity index (χ0v) is 38.6. The van der Waals surface area contributed by atoms with E-state index in [1.807, 2.05) is 6.20 Å². The van der Waals surface area contributed by atoms with Crippen molar-refractivity contribution in [2.45, 2.75) is 90.9 Å². The van der Waals surface area contributed by atoms with Gasteiger partial charge >= 0.3 is 0 Å². The van der Waals surface area contributed by atoms with E-state index in [1.54, 1.807) is 0 Å². The van der Waals surface area contributed by atoms with Crippen molar-refractivity contribution in [3.63, 3.8) is 0 Å². The fraction of sp³-hybridized carbons (Fsp3) is 0.259. The summed E-state index contributed by atoms with van der Waals surface area (Å²) < 4.78 is 9.20. The van der Waals surface area contributed by atoms with Gasteiger partial charge in [0.25, 0.3) is 0 Å². The van der Waals surface area contributed by atoms with E-state index in [0.717, 1.165) is 34.0 Å². The Balaban J connectivity index is 1.06. The van der Waals surface area contributed by atoms with Crippen LogP contribution in [0.5, 0.6) is 11.5 Å². The van der Waals surface area contributed by atoms with Crippen molar-refractivity contribution in [3.05, 3.63) is 204 Å². The standard InChI is InChI=1S/C58H60N4O/c1-55(2,3)42-28-29-59-53(35-42)62-51-27-18-17-26-49(51)54-50(56(4,5)6)37-48(38-52(54)62)63-47-25-19-24-45(36-47)60-30-31-61(39-60)46-33-43(57(7,8)40-20-13-11-14-21-40)32-44(34-46)58(9,10)41-22-15-12-16-23-41/h11-38H,39H2,1-10H3. The van der Waals surface area contributed by atoms with Crippen molar-refractivity contribution in [2.24, 2.45) is 0 Å². The van der Waals surface area contributed by atoms with Gasteiger partial charge in [0.2, 0.25) is 0 Å². The van der Waals surface area contributed by atoms with Gasteiger partial charge in [-0.2, -0.15) is 0 Å². The predicted molar refractivity (Wildman–Crippen MR) is 265 cm³/mol. The average Bonchev–Trinajstić information content (AvgIpc) is 3.90. The van der Waals surface area contributed by atoms with Crippen molar-refractivity contribution < 1.29 is 4.74 Å². The van der Waals surface area contributed by atoms with E-state index in [1.165, 1.54) is 49.8 Å². The van der Waals surface area contributed by atoms with Gasteiger partial charge in [-0.15, -0.1) is 0 Å². The number of fused-ring (bicyclic) bond motifs is 3. The van der Waals surface area contributed by atoms with Crippen LogP contribution < -0.4 is 14.5 Å². The van der Waals surface area contributed by atoms with Gasteiger partial charge in [0, 0.05) is 63.7 Å². The first kappa shape index (κ1) is 41.7. The number of anilines is 2. The van der Waals surface area contributed by atoms with Gasteiger partial charge < -0.3 is 14.5 Å². The SMILES string of the molecule is CC(C)(C)c1ccnc(-n2c3ccccc3c3c(C(C)(C)C)cc(Oc4cccc(N5C=CN(c6cc(C(C)(C)c7ccccc7)cc(C(C)(C)c7ccccc7)c6)C5)c4)cc32)c1. The molecular formula is C58H60N4O. The Morgan fingerprint density at radius 3 is 1.68 bits per heavy atom. The maximum atomic E-state index is 6.89. The molecule has 0 atom stereocenters. The Labute approximate surface area is 374 Å². The van der Waals surface area contributed by atoms with Gasteiger partial charge in [-0.1, -0.05) is 160 Å². The number of benzene rings is 6. The summed E-state index contributed by atoms with van der Waals surface area (Å²) in [5.74, 6) is 2.49. The van der Waals surface area contributed by atoms with Crippen LogP contribution >= 0.6 is 0 Å².